The van der Waals surface area contributed by atoms with Gasteiger partial charge in [-0.25, -0.2) is 8.78 Å². The fraction of sp³-hybridized carbons (Fsp3) is 0.318. The van der Waals surface area contributed by atoms with Crippen LogP contribution in [-0.4, -0.2) is 51.3 Å². The van der Waals surface area contributed by atoms with E-state index in [1.807, 2.05) is 14.1 Å². The van der Waals surface area contributed by atoms with Gasteiger partial charge in [-0.3, -0.25) is 4.98 Å². The van der Waals surface area contributed by atoms with Gasteiger partial charge in [0.15, 0.2) is 23.1 Å². The zero-order valence-corrected chi connectivity index (χ0v) is 17.5. The molecule has 1 heterocycles. The van der Waals surface area contributed by atoms with Gasteiger partial charge in [-0.1, -0.05) is 0 Å². The molecule has 0 fully saturated rings. The number of rotatable bonds is 9. The van der Waals surface area contributed by atoms with Crippen molar-refractivity contribution in [3.05, 3.63) is 48.2 Å². The summed E-state index contributed by atoms with van der Waals surface area (Å²) in [7, 11) is 7.06. The van der Waals surface area contributed by atoms with Crippen LogP contribution in [0.1, 0.15) is 6.42 Å². The van der Waals surface area contributed by atoms with Gasteiger partial charge in [0.2, 0.25) is 0 Å². The summed E-state index contributed by atoms with van der Waals surface area (Å²) in [6, 6.07) is 7.11. The summed E-state index contributed by atoms with van der Waals surface area (Å²) in [5.74, 6) is -0.127. The summed E-state index contributed by atoms with van der Waals surface area (Å²) in [5, 5.41) is 3.18. The highest BCUT2D eigenvalue weighted by atomic mass is 19.1. The van der Waals surface area contributed by atoms with Crippen molar-refractivity contribution in [1.82, 2.24) is 9.88 Å². The van der Waals surface area contributed by atoms with Crippen molar-refractivity contribution in [3.8, 4) is 23.0 Å². The van der Waals surface area contributed by atoms with Gasteiger partial charge in [0.1, 0.15) is 11.6 Å². The smallest absolute Gasteiger partial charge is 0.167 e. The summed E-state index contributed by atoms with van der Waals surface area (Å²) >= 11 is 0. The number of nitrogens with zero attached hydrogens (tertiary/aromatic N) is 2. The first-order chi connectivity index (χ1) is 14.4. The molecule has 0 radical (unpaired) electrons. The zero-order valence-electron chi connectivity index (χ0n) is 17.5. The molecule has 0 saturated heterocycles. The van der Waals surface area contributed by atoms with E-state index in [1.165, 1.54) is 20.4 Å². The Labute approximate surface area is 174 Å². The van der Waals surface area contributed by atoms with Crippen LogP contribution in [0.2, 0.25) is 0 Å². The number of ether oxygens (including phenoxy) is 3. The largest absolute Gasteiger partial charge is 0.493 e. The molecular weight excluding hydrogens is 392 g/mol. The molecule has 3 aromatic rings. The van der Waals surface area contributed by atoms with Crippen LogP contribution < -0.4 is 19.5 Å². The van der Waals surface area contributed by atoms with Crippen molar-refractivity contribution in [1.29, 1.82) is 0 Å². The Balaban J connectivity index is 1.91. The fourth-order valence-corrected chi connectivity index (χ4v) is 2.97. The number of benzene rings is 2. The number of fused-ring (bicyclic) bond motifs is 1. The molecule has 0 aliphatic heterocycles. The molecule has 0 aliphatic rings. The number of aromatic nitrogens is 1. The second-order valence-corrected chi connectivity index (χ2v) is 6.95. The Morgan fingerprint density at radius 3 is 2.50 bits per heavy atom. The van der Waals surface area contributed by atoms with E-state index in [-0.39, 0.29) is 11.4 Å². The van der Waals surface area contributed by atoms with E-state index in [1.54, 1.807) is 18.2 Å². The normalized spacial score (nSPS) is 11.0. The maximum Gasteiger partial charge on any atom is 0.167 e. The van der Waals surface area contributed by atoms with E-state index in [2.05, 4.69) is 15.2 Å². The quantitative estimate of drug-likeness (QED) is 0.510. The molecule has 0 bridgehead atoms. The van der Waals surface area contributed by atoms with Crippen molar-refractivity contribution in [3.63, 3.8) is 0 Å². The van der Waals surface area contributed by atoms with Gasteiger partial charge in [-0.15, -0.1) is 0 Å². The third kappa shape index (κ3) is 4.88. The summed E-state index contributed by atoms with van der Waals surface area (Å²) in [6.45, 7) is 1.43. The van der Waals surface area contributed by atoms with Crippen LogP contribution in [0, 0.1) is 11.6 Å². The van der Waals surface area contributed by atoms with Crippen LogP contribution in [0.3, 0.4) is 0 Å². The lowest BCUT2D eigenvalue weighted by molar-refractivity contribution is 0.268. The molecule has 0 unspecified atom stereocenters. The van der Waals surface area contributed by atoms with Gasteiger partial charge in [0.05, 0.1) is 24.9 Å². The minimum Gasteiger partial charge on any atom is -0.493 e. The topological polar surface area (TPSA) is 55.8 Å². The Hall–Kier alpha value is -3.13. The third-order valence-electron chi connectivity index (χ3n) is 4.51. The molecule has 2 aromatic carbocycles. The van der Waals surface area contributed by atoms with E-state index < -0.39 is 11.6 Å². The Morgan fingerprint density at radius 2 is 1.80 bits per heavy atom. The molecule has 8 heteroatoms. The predicted octanol–water partition coefficient (Wildman–Crippen LogP) is 4.69. The first-order valence-corrected chi connectivity index (χ1v) is 9.52. The Bertz CT molecular complexity index is 1030. The maximum absolute atomic E-state index is 14.3. The highest BCUT2D eigenvalue weighted by Crippen LogP contribution is 2.38. The molecule has 6 nitrogen and oxygen atoms in total. The molecule has 30 heavy (non-hydrogen) atoms. The van der Waals surface area contributed by atoms with Crippen LogP contribution in [0.15, 0.2) is 36.5 Å². The summed E-state index contributed by atoms with van der Waals surface area (Å²) in [6.07, 6.45) is 2.40. The third-order valence-corrected chi connectivity index (χ3v) is 4.51. The average molecular weight is 417 g/mol. The van der Waals surface area contributed by atoms with E-state index in [4.69, 9.17) is 14.2 Å². The average Bonchev–Trinajstić information content (AvgIpc) is 2.73. The molecule has 0 atom stereocenters. The summed E-state index contributed by atoms with van der Waals surface area (Å²) in [5.41, 5.74) is 0.640. The number of halogens is 2. The number of methoxy groups -OCH3 is 1. The number of hydrogen-bond donors (Lipinski definition) is 1. The van der Waals surface area contributed by atoms with Crippen LogP contribution in [0.25, 0.3) is 10.9 Å². The molecule has 0 saturated carbocycles. The second-order valence-electron chi connectivity index (χ2n) is 6.95. The molecule has 1 N–H and O–H groups in total. The van der Waals surface area contributed by atoms with E-state index in [9.17, 15) is 8.78 Å². The van der Waals surface area contributed by atoms with E-state index in [0.717, 1.165) is 25.1 Å². The highest BCUT2D eigenvalue weighted by molar-refractivity contribution is 5.88. The number of pyridine rings is 1. The maximum atomic E-state index is 14.3. The van der Waals surface area contributed by atoms with E-state index >= 15 is 0 Å². The van der Waals surface area contributed by atoms with Crippen molar-refractivity contribution in [2.24, 2.45) is 0 Å². The standard InChI is InChI=1S/C22H25F2N3O3/c1-25-18-11-16(24)20(12-15(18)23)30-19-6-7-26-17-13-22(21(28-4)10-14(17)19)29-9-5-8-27(2)3/h6-7,10-13,25H,5,8-9H2,1-4H3. The van der Waals surface area contributed by atoms with Crippen molar-refractivity contribution in [2.45, 2.75) is 6.42 Å². The molecule has 0 aliphatic carbocycles. The molecule has 0 amide bonds. The van der Waals surface area contributed by atoms with Gasteiger partial charge >= 0.3 is 0 Å². The predicted molar refractivity (Wildman–Crippen MR) is 113 cm³/mol. The minimum absolute atomic E-state index is 0.0529. The Kier molecular flexibility index (Phi) is 6.89. The lowest BCUT2D eigenvalue weighted by atomic mass is 10.1. The molecule has 3 rings (SSSR count). The van der Waals surface area contributed by atoms with Gasteiger partial charge in [-0.05, 0) is 32.6 Å². The van der Waals surface area contributed by atoms with Gasteiger partial charge < -0.3 is 24.4 Å². The zero-order chi connectivity index (χ0) is 21.7. The lowest BCUT2D eigenvalue weighted by Gasteiger charge is -2.15. The Morgan fingerprint density at radius 1 is 1.00 bits per heavy atom. The van der Waals surface area contributed by atoms with Crippen LogP contribution >= 0.6 is 0 Å². The van der Waals surface area contributed by atoms with Crippen LogP contribution in [0.4, 0.5) is 14.5 Å². The van der Waals surface area contributed by atoms with Gasteiger partial charge in [0.25, 0.3) is 0 Å². The number of nitrogens with one attached hydrogen (secondary N) is 1. The van der Waals surface area contributed by atoms with Gasteiger partial charge in [-0.2, -0.15) is 0 Å². The van der Waals surface area contributed by atoms with Gasteiger partial charge in [0, 0.05) is 43.4 Å². The second kappa shape index (κ2) is 9.58. The summed E-state index contributed by atoms with van der Waals surface area (Å²) in [4.78, 5) is 6.42. The molecular formula is C22H25F2N3O3. The van der Waals surface area contributed by atoms with E-state index in [0.29, 0.717) is 34.8 Å². The summed E-state index contributed by atoms with van der Waals surface area (Å²) < 4.78 is 45.4. The first kappa shape index (κ1) is 21.6. The lowest BCUT2D eigenvalue weighted by Crippen LogP contribution is -2.15. The monoisotopic (exact) mass is 417 g/mol. The SMILES string of the molecule is CNc1cc(F)c(Oc2ccnc3cc(OCCCN(C)C)c(OC)cc23)cc1F. The number of hydrogen-bond acceptors (Lipinski definition) is 6. The first-order valence-electron chi connectivity index (χ1n) is 9.52. The molecule has 0 spiro atoms. The fourth-order valence-electron chi connectivity index (χ4n) is 2.97. The van der Waals surface area contributed by atoms with Crippen molar-refractivity contribution in [2.75, 3.05) is 46.7 Å². The van der Waals surface area contributed by atoms with Crippen LogP contribution in [0.5, 0.6) is 23.0 Å². The minimum atomic E-state index is -0.682. The van der Waals surface area contributed by atoms with Crippen molar-refractivity contribution < 1.29 is 23.0 Å². The molecule has 160 valence electrons. The van der Waals surface area contributed by atoms with Crippen molar-refractivity contribution >= 4 is 16.6 Å². The molecule has 1 aromatic heterocycles. The highest BCUT2D eigenvalue weighted by Gasteiger charge is 2.15. The van der Waals surface area contributed by atoms with Crippen LogP contribution in [-0.2, 0) is 0 Å². The number of anilines is 1.